The van der Waals surface area contributed by atoms with E-state index in [-0.39, 0.29) is 12.6 Å². The van der Waals surface area contributed by atoms with Crippen molar-refractivity contribution in [2.24, 2.45) is 5.73 Å². The highest BCUT2D eigenvalue weighted by atomic mass is 16.6. The highest BCUT2D eigenvalue weighted by Gasteiger charge is 2.21. The molecule has 3 N–H and O–H groups in total. The maximum atomic E-state index is 10.9. The van der Waals surface area contributed by atoms with Gasteiger partial charge in [-0.3, -0.25) is 9.59 Å². The summed E-state index contributed by atoms with van der Waals surface area (Å²) < 4.78 is 11.0. The van der Waals surface area contributed by atoms with E-state index < -0.39 is 11.8 Å². The van der Waals surface area contributed by atoms with Crippen LogP contribution in [0.25, 0.3) is 0 Å². The number of benzene rings is 1. The summed E-state index contributed by atoms with van der Waals surface area (Å²) in [5.74, 6) is -0.545. The molecule has 1 aliphatic heterocycles. The highest BCUT2D eigenvalue weighted by Crippen LogP contribution is 2.30. The van der Waals surface area contributed by atoms with E-state index in [0.717, 1.165) is 0 Å². The summed E-state index contributed by atoms with van der Waals surface area (Å²) in [6.45, 7) is 0.492. The smallest absolute Gasteiger partial charge is 0.309 e. The molecule has 0 radical (unpaired) electrons. The fraction of sp³-hybridized carbons (Fsp3) is 0.273. The molecule has 0 aliphatic carbocycles. The monoisotopic (exact) mass is 236 g/mol. The van der Waals surface area contributed by atoms with Gasteiger partial charge in [-0.1, -0.05) is 12.1 Å². The molecule has 1 atom stereocenters. The van der Waals surface area contributed by atoms with Gasteiger partial charge in [-0.15, -0.1) is 0 Å². The lowest BCUT2D eigenvalue weighted by Gasteiger charge is -2.26. The van der Waals surface area contributed by atoms with Gasteiger partial charge in [-0.25, -0.2) is 0 Å². The molecule has 0 saturated carbocycles. The standard InChI is InChI=1S/C11H12N2O4/c12-10(14)11(15)13-5-7-6-16-8-3-1-2-4-9(8)17-7/h1-4,7H,5-6H2,(H2,12,14)(H,13,15). The Morgan fingerprint density at radius 3 is 2.76 bits per heavy atom. The molecule has 0 saturated heterocycles. The number of carbonyl (C=O) groups excluding carboxylic acids is 2. The highest BCUT2D eigenvalue weighted by molar-refractivity contribution is 6.34. The summed E-state index contributed by atoms with van der Waals surface area (Å²) in [5, 5.41) is 2.36. The van der Waals surface area contributed by atoms with Crippen molar-refractivity contribution in [3.63, 3.8) is 0 Å². The van der Waals surface area contributed by atoms with Crippen LogP contribution in [0.5, 0.6) is 11.5 Å². The van der Waals surface area contributed by atoms with Gasteiger partial charge in [0.25, 0.3) is 0 Å². The summed E-state index contributed by atoms with van der Waals surface area (Å²) in [4.78, 5) is 21.5. The summed E-state index contributed by atoms with van der Waals surface area (Å²) in [7, 11) is 0. The topological polar surface area (TPSA) is 90.7 Å². The molecule has 17 heavy (non-hydrogen) atoms. The van der Waals surface area contributed by atoms with Crippen LogP contribution in [0, 0.1) is 0 Å². The molecule has 1 aliphatic rings. The minimum absolute atomic E-state index is 0.177. The maximum absolute atomic E-state index is 10.9. The van der Waals surface area contributed by atoms with Gasteiger partial charge in [-0.05, 0) is 12.1 Å². The molecular weight excluding hydrogens is 224 g/mol. The van der Waals surface area contributed by atoms with E-state index in [4.69, 9.17) is 15.2 Å². The number of fused-ring (bicyclic) bond motifs is 1. The first kappa shape index (κ1) is 11.3. The van der Waals surface area contributed by atoms with Crippen molar-refractivity contribution in [2.45, 2.75) is 6.10 Å². The number of ether oxygens (including phenoxy) is 2. The summed E-state index contributed by atoms with van der Waals surface area (Å²) in [6, 6.07) is 7.24. The average molecular weight is 236 g/mol. The van der Waals surface area contributed by atoms with Crippen LogP contribution < -0.4 is 20.5 Å². The van der Waals surface area contributed by atoms with Crippen molar-refractivity contribution >= 4 is 11.8 Å². The molecule has 0 fully saturated rings. The van der Waals surface area contributed by atoms with E-state index in [1.807, 2.05) is 12.1 Å². The van der Waals surface area contributed by atoms with Gasteiger partial charge in [0.05, 0.1) is 6.54 Å². The van der Waals surface area contributed by atoms with Crippen LogP contribution in [0.2, 0.25) is 0 Å². The van der Waals surface area contributed by atoms with Crippen LogP contribution in [-0.2, 0) is 9.59 Å². The second kappa shape index (κ2) is 4.73. The fourth-order valence-electron chi connectivity index (χ4n) is 1.46. The first-order valence-corrected chi connectivity index (χ1v) is 5.13. The second-order valence-electron chi connectivity index (χ2n) is 3.57. The first-order valence-electron chi connectivity index (χ1n) is 5.13. The number of carbonyl (C=O) groups is 2. The minimum atomic E-state index is -1.01. The number of nitrogens with two attached hydrogens (primary N) is 1. The van der Waals surface area contributed by atoms with Crippen LogP contribution in [0.15, 0.2) is 24.3 Å². The first-order chi connectivity index (χ1) is 8.16. The number of hydrogen-bond donors (Lipinski definition) is 2. The molecule has 1 aromatic carbocycles. The van der Waals surface area contributed by atoms with Crippen LogP contribution in [0.1, 0.15) is 0 Å². The second-order valence-corrected chi connectivity index (χ2v) is 3.57. The van der Waals surface area contributed by atoms with E-state index in [1.54, 1.807) is 12.1 Å². The van der Waals surface area contributed by atoms with Crippen molar-refractivity contribution in [1.29, 1.82) is 0 Å². The van der Waals surface area contributed by atoms with E-state index >= 15 is 0 Å². The zero-order valence-electron chi connectivity index (χ0n) is 9.01. The lowest BCUT2D eigenvalue weighted by atomic mass is 10.2. The summed E-state index contributed by atoms with van der Waals surface area (Å²) in [5.41, 5.74) is 4.81. The van der Waals surface area contributed by atoms with E-state index in [0.29, 0.717) is 18.1 Å². The third kappa shape index (κ3) is 2.66. The average Bonchev–Trinajstić information content (AvgIpc) is 2.35. The van der Waals surface area contributed by atoms with Crippen LogP contribution in [-0.4, -0.2) is 31.1 Å². The fourth-order valence-corrected chi connectivity index (χ4v) is 1.46. The molecule has 2 amide bonds. The van der Waals surface area contributed by atoms with Gasteiger partial charge in [0, 0.05) is 0 Å². The molecule has 0 bridgehead atoms. The molecule has 0 aromatic heterocycles. The Balaban J connectivity index is 1.90. The molecule has 1 unspecified atom stereocenters. The quantitative estimate of drug-likeness (QED) is 0.673. The maximum Gasteiger partial charge on any atom is 0.309 e. The van der Waals surface area contributed by atoms with Crippen LogP contribution >= 0.6 is 0 Å². The van der Waals surface area contributed by atoms with Crippen molar-refractivity contribution in [3.05, 3.63) is 24.3 Å². The van der Waals surface area contributed by atoms with Gasteiger partial charge in [0.1, 0.15) is 12.7 Å². The van der Waals surface area contributed by atoms with E-state index in [9.17, 15) is 9.59 Å². The summed E-state index contributed by atoms with van der Waals surface area (Å²) >= 11 is 0. The third-order valence-corrected chi connectivity index (χ3v) is 2.28. The summed E-state index contributed by atoms with van der Waals surface area (Å²) in [6.07, 6.45) is -0.326. The number of nitrogens with one attached hydrogen (secondary N) is 1. The molecule has 90 valence electrons. The number of rotatable bonds is 2. The zero-order valence-corrected chi connectivity index (χ0v) is 9.01. The predicted molar refractivity (Wildman–Crippen MR) is 58.6 cm³/mol. The third-order valence-electron chi connectivity index (χ3n) is 2.28. The normalized spacial score (nSPS) is 17.3. The Labute approximate surface area is 97.7 Å². The minimum Gasteiger partial charge on any atom is -0.486 e. The largest absolute Gasteiger partial charge is 0.486 e. The van der Waals surface area contributed by atoms with Crippen molar-refractivity contribution < 1.29 is 19.1 Å². The Hall–Kier alpha value is -2.24. The number of primary amides is 1. The lowest BCUT2D eigenvalue weighted by Crippen LogP contribution is -2.44. The number of hydrogen-bond acceptors (Lipinski definition) is 4. The number of amides is 2. The van der Waals surface area contributed by atoms with Crippen molar-refractivity contribution in [2.75, 3.05) is 13.2 Å². The van der Waals surface area contributed by atoms with Gasteiger partial charge in [-0.2, -0.15) is 0 Å². The SMILES string of the molecule is NC(=O)C(=O)NCC1COc2ccccc2O1. The van der Waals surface area contributed by atoms with Crippen LogP contribution in [0.4, 0.5) is 0 Å². The van der Waals surface area contributed by atoms with Gasteiger partial charge in [0.15, 0.2) is 11.5 Å². The van der Waals surface area contributed by atoms with Gasteiger partial charge in [0.2, 0.25) is 0 Å². The Morgan fingerprint density at radius 1 is 1.35 bits per heavy atom. The van der Waals surface area contributed by atoms with Gasteiger partial charge < -0.3 is 20.5 Å². The van der Waals surface area contributed by atoms with Crippen LogP contribution in [0.3, 0.4) is 0 Å². The Morgan fingerprint density at radius 2 is 2.06 bits per heavy atom. The predicted octanol–water partition coefficient (Wildman–Crippen LogP) is -0.572. The van der Waals surface area contributed by atoms with Crippen molar-refractivity contribution in [1.82, 2.24) is 5.32 Å². The molecule has 2 rings (SSSR count). The molecule has 1 heterocycles. The number of para-hydroxylation sites is 2. The molecule has 1 aromatic rings. The van der Waals surface area contributed by atoms with E-state index in [2.05, 4.69) is 5.32 Å². The van der Waals surface area contributed by atoms with Crippen molar-refractivity contribution in [3.8, 4) is 11.5 Å². The molecule has 0 spiro atoms. The Bertz CT molecular complexity index is 447. The molecule has 6 heteroatoms. The van der Waals surface area contributed by atoms with Gasteiger partial charge >= 0.3 is 11.8 Å². The van der Waals surface area contributed by atoms with E-state index in [1.165, 1.54) is 0 Å². The molecular formula is C11H12N2O4. The zero-order chi connectivity index (χ0) is 12.3. The Kier molecular flexibility index (Phi) is 3.13. The molecule has 6 nitrogen and oxygen atoms in total. The lowest BCUT2D eigenvalue weighted by molar-refractivity contribution is -0.137.